The number of rotatable bonds is 4. The minimum atomic E-state index is -0.462. The van der Waals surface area contributed by atoms with Gasteiger partial charge in [-0.1, -0.05) is 15.9 Å². The SMILES string of the molecule is OC(CBr)COc1c(I)cc(I)cc1I. The van der Waals surface area contributed by atoms with Crippen LogP contribution in [0, 0.1) is 10.7 Å². The number of alkyl halides is 1. The number of aliphatic hydroxyl groups excluding tert-OH is 1. The summed E-state index contributed by atoms with van der Waals surface area (Å²) in [7, 11) is 0. The normalized spacial score (nSPS) is 12.6. The van der Waals surface area contributed by atoms with E-state index in [4.69, 9.17) is 4.74 Å². The second kappa shape index (κ2) is 7.17. The smallest absolute Gasteiger partial charge is 0.146 e. The van der Waals surface area contributed by atoms with Crippen molar-refractivity contribution in [1.29, 1.82) is 0 Å². The molecular formula is C9H8BrI3O2. The third-order valence-corrected chi connectivity index (χ3v) is 4.53. The van der Waals surface area contributed by atoms with Crippen molar-refractivity contribution in [3.05, 3.63) is 22.8 Å². The second-order valence-electron chi connectivity index (χ2n) is 2.82. The Bertz CT molecular complexity index is 323. The summed E-state index contributed by atoms with van der Waals surface area (Å²) in [6, 6.07) is 4.11. The molecule has 0 aliphatic rings. The van der Waals surface area contributed by atoms with E-state index in [0.717, 1.165) is 12.9 Å². The second-order valence-corrected chi connectivity index (χ2v) is 7.04. The van der Waals surface area contributed by atoms with E-state index in [1.165, 1.54) is 3.57 Å². The highest BCUT2D eigenvalue weighted by atomic mass is 127. The summed E-state index contributed by atoms with van der Waals surface area (Å²) in [5, 5.41) is 9.91. The summed E-state index contributed by atoms with van der Waals surface area (Å²) in [6.07, 6.45) is -0.462. The van der Waals surface area contributed by atoms with E-state index >= 15 is 0 Å². The van der Waals surface area contributed by atoms with Gasteiger partial charge in [-0.15, -0.1) is 0 Å². The van der Waals surface area contributed by atoms with E-state index in [2.05, 4.69) is 95.8 Å². The Balaban J connectivity index is 2.77. The monoisotopic (exact) mass is 608 g/mol. The molecule has 1 aromatic rings. The molecule has 0 aliphatic heterocycles. The van der Waals surface area contributed by atoms with Crippen molar-refractivity contribution in [1.82, 2.24) is 0 Å². The van der Waals surface area contributed by atoms with Crippen molar-refractivity contribution in [3.63, 3.8) is 0 Å². The van der Waals surface area contributed by atoms with Gasteiger partial charge >= 0.3 is 0 Å². The molecule has 0 saturated carbocycles. The molecule has 2 nitrogen and oxygen atoms in total. The van der Waals surface area contributed by atoms with Crippen LogP contribution < -0.4 is 4.74 Å². The van der Waals surface area contributed by atoms with Crippen LogP contribution in [0.5, 0.6) is 5.75 Å². The summed E-state index contributed by atoms with van der Waals surface area (Å²) < 4.78 is 8.92. The molecule has 0 aliphatic carbocycles. The molecule has 1 rings (SSSR count). The first-order chi connectivity index (χ1) is 7.04. The lowest BCUT2D eigenvalue weighted by Crippen LogP contribution is -2.19. The first-order valence-electron chi connectivity index (χ1n) is 4.06. The summed E-state index contributed by atoms with van der Waals surface area (Å²) in [5.74, 6) is 0.858. The lowest BCUT2D eigenvalue weighted by Gasteiger charge is -2.13. The number of halogens is 4. The van der Waals surface area contributed by atoms with Gasteiger partial charge in [-0.25, -0.2) is 0 Å². The Morgan fingerprint density at radius 1 is 1.27 bits per heavy atom. The van der Waals surface area contributed by atoms with Crippen molar-refractivity contribution < 1.29 is 9.84 Å². The first-order valence-corrected chi connectivity index (χ1v) is 8.41. The van der Waals surface area contributed by atoms with Crippen LogP contribution in [0.4, 0.5) is 0 Å². The molecule has 0 bridgehead atoms. The van der Waals surface area contributed by atoms with Gasteiger partial charge in [-0.3, -0.25) is 0 Å². The number of hydrogen-bond acceptors (Lipinski definition) is 2. The molecule has 6 heteroatoms. The van der Waals surface area contributed by atoms with Crippen molar-refractivity contribution in [2.45, 2.75) is 6.10 Å². The highest BCUT2D eigenvalue weighted by Gasteiger charge is 2.10. The zero-order valence-electron chi connectivity index (χ0n) is 7.51. The minimum Gasteiger partial charge on any atom is -0.489 e. The Morgan fingerprint density at radius 3 is 2.27 bits per heavy atom. The molecule has 0 spiro atoms. The van der Waals surface area contributed by atoms with Crippen molar-refractivity contribution in [3.8, 4) is 5.75 Å². The maximum absolute atomic E-state index is 9.38. The third kappa shape index (κ3) is 4.80. The van der Waals surface area contributed by atoms with Crippen LogP contribution in [0.1, 0.15) is 0 Å². The minimum absolute atomic E-state index is 0.317. The molecule has 1 unspecified atom stereocenters. The highest BCUT2D eigenvalue weighted by Crippen LogP contribution is 2.29. The van der Waals surface area contributed by atoms with E-state index in [0.29, 0.717) is 11.9 Å². The molecular weight excluding hydrogens is 601 g/mol. The van der Waals surface area contributed by atoms with Crippen molar-refractivity contribution >= 4 is 83.7 Å². The third-order valence-electron chi connectivity index (χ3n) is 1.56. The van der Waals surface area contributed by atoms with Gasteiger partial charge in [-0.2, -0.15) is 0 Å². The lowest BCUT2D eigenvalue weighted by atomic mass is 10.3. The summed E-state index contributed by atoms with van der Waals surface area (Å²) in [4.78, 5) is 0. The topological polar surface area (TPSA) is 29.5 Å². The summed E-state index contributed by atoms with van der Waals surface area (Å²) >= 11 is 9.96. The van der Waals surface area contributed by atoms with Crippen LogP contribution in [0.15, 0.2) is 12.1 Å². The number of benzene rings is 1. The standard InChI is InChI=1S/C9H8BrI3O2/c10-3-6(14)4-15-9-7(12)1-5(11)2-8(9)13/h1-2,6,14H,3-4H2. The Kier molecular flexibility index (Phi) is 7.03. The van der Waals surface area contributed by atoms with Gasteiger partial charge in [0.15, 0.2) is 0 Å². The van der Waals surface area contributed by atoms with Gasteiger partial charge in [0.25, 0.3) is 0 Å². The molecule has 15 heavy (non-hydrogen) atoms. The van der Waals surface area contributed by atoms with Crippen LogP contribution in [0.2, 0.25) is 0 Å². The Morgan fingerprint density at radius 2 is 1.80 bits per heavy atom. The fourth-order valence-corrected chi connectivity index (χ4v) is 4.97. The van der Waals surface area contributed by atoms with Gasteiger partial charge in [0, 0.05) is 8.90 Å². The maximum Gasteiger partial charge on any atom is 0.146 e. The van der Waals surface area contributed by atoms with E-state index in [9.17, 15) is 5.11 Å². The number of ether oxygens (including phenoxy) is 1. The molecule has 84 valence electrons. The molecule has 0 amide bonds. The van der Waals surface area contributed by atoms with E-state index < -0.39 is 6.10 Å². The van der Waals surface area contributed by atoms with Gasteiger partial charge in [-0.05, 0) is 79.9 Å². The van der Waals surface area contributed by atoms with Crippen LogP contribution in [0.25, 0.3) is 0 Å². The van der Waals surface area contributed by atoms with Gasteiger partial charge < -0.3 is 9.84 Å². The maximum atomic E-state index is 9.38. The fourth-order valence-electron chi connectivity index (χ4n) is 0.891. The molecule has 0 aromatic heterocycles. The largest absolute Gasteiger partial charge is 0.489 e. The molecule has 0 saturated heterocycles. The van der Waals surface area contributed by atoms with Crippen molar-refractivity contribution in [2.24, 2.45) is 0 Å². The molecule has 0 radical (unpaired) electrons. The number of aliphatic hydroxyl groups is 1. The van der Waals surface area contributed by atoms with Gasteiger partial charge in [0.1, 0.15) is 12.4 Å². The van der Waals surface area contributed by atoms with Crippen LogP contribution in [-0.4, -0.2) is 23.1 Å². The van der Waals surface area contributed by atoms with E-state index in [1.54, 1.807) is 0 Å². The van der Waals surface area contributed by atoms with Crippen LogP contribution in [-0.2, 0) is 0 Å². The first kappa shape index (κ1) is 14.7. The predicted octanol–water partition coefficient (Wildman–Crippen LogP) is 3.64. The van der Waals surface area contributed by atoms with E-state index in [-0.39, 0.29) is 0 Å². The average molecular weight is 609 g/mol. The highest BCUT2D eigenvalue weighted by molar-refractivity contribution is 14.1. The summed E-state index contributed by atoms with van der Waals surface area (Å²) in [6.45, 7) is 0.317. The lowest BCUT2D eigenvalue weighted by molar-refractivity contribution is 0.126. The summed E-state index contributed by atoms with van der Waals surface area (Å²) in [5.41, 5.74) is 0. The zero-order chi connectivity index (χ0) is 11.4. The molecule has 0 heterocycles. The average Bonchev–Trinajstić information content (AvgIpc) is 2.15. The Hall–Kier alpha value is 1.65. The molecule has 1 N–H and O–H groups in total. The van der Waals surface area contributed by atoms with Crippen LogP contribution >= 0.6 is 83.7 Å². The van der Waals surface area contributed by atoms with Crippen LogP contribution in [0.3, 0.4) is 0 Å². The van der Waals surface area contributed by atoms with Gasteiger partial charge in [0.05, 0.1) is 13.2 Å². The zero-order valence-corrected chi connectivity index (χ0v) is 15.6. The molecule has 1 atom stereocenters. The molecule has 1 aromatic carbocycles. The fraction of sp³-hybridized carbons (Fsp3) is 0.333. The molecule has 0 fully saturated rings. The number of hydrogen-bond donors (Lipinski definition) is 1. The Labute approximate surface area is 138 Å². The van der Waals surface area contributed by atoms with Crippen molar-refractivity contribution in [2.75, 3.05) is 11.9 Å². The van der Waals surface area contributed by atoms with Gasteiger partial charge in [0.2, 0.25) is 0 Å². The predicted molar refractivity (Wildman–Crippen MR) is 89.9 cm³/mol. The van der Waals surface area contributed by atoms with E-state index in [1.807, 2.05) is 0 Å². The quantitative estimate of drug-likeness (QED) is 0.418.